The maximum Gasteiger partial charge on any atom is 0.140 e. The van der Waals surface area contributed by atoms with Gasteiger partial charge in [0.05, 0.1) is 0 Å². The van der Waals surface area contributed by atoms with Crippen molar-refractivity contribution in [2.75, 3.05) is 31.1 Å². The van der Waals surface area contributed by atoms with Crippen molar-refractivity contribution in [3.05, 3.63) is 29.3 Å². The number of hydrogen-bond donors (Lipinski definition) is 2. The van der Waals surface area contributed by atoms with Crippen LogP contribution in [0, 0.1) is 13.8 Å². The molecule has 5 heteroatoms. The third kappa shape index (κ3) is 3.67. The number of oxime groups is 1. The van der Waals surface area contributed by atoms with Gasteiger partial charge in [0.25, 0.3) is 0 Å². The maximum atomic E-state index is 8.67. The van der Waals surface area contributed by atoms with Gasteiger partial charge in [-0.1, -0.05) is 17.3 Å². The first-order valence-electron chi connectivity index (χ1n) is 7.54. The molecule has 2 rings (SSSR count). The van der Waals surface area contributed by atoms with Crippen molar-refractivity contribution in [2.45, 2.75) is 33.2 Å². The minimum Gasteiger partial charge on any atom is -0.409 e. The Morgan fingerprint density at radius 1 is 1.29 bits per heavy atom. The molecule has 1 heterocycles. The average Bonchev–Trinajstić information content (AvgIpc) is 2.50. The van der Waals surface area contributed by atoms with Crippen LogP contribution in [0.1, 0.15) is 24.5 Å². The summed E-state index contributed by atoms with van der Waals surface area (Å²) >= 11 is 0. The summed E-state index contributed by atoms with van der Waals surface area (Å²) in [4.78, 5) is 4.86. The molecule has 1 atom stereocenters. The van der Waals surface area contributed by atoms with Crippen LogP contribution >= 0.6 is 0 Å². The zero-order valence-corrected chi connectivity index (χ0v) is 13.2. The van der Waals surface area contributed by atoms with Gasteiger partial charge in [0.1, 0.15) is 5.84 Å². The van der Waals surface area contributed by atoms with Crippen molar-refractivity contribution >= 4 is 11.5 Å². The highest BCUT2D eigenvalue weighted by molar-refractivity contribution is 5.80. The molecule has 0 amide bonds. The Hall–Kier alpha value is -1.75. The van der Waals surface area contributed by atoms with E-state index in [-0.39, 0.29) is 0 Å². The molecule has 1 aromatic carbocycles. The number of aryl methyl sites for hydroxylation is 1. The van der Waals surface area contributed by atoms with E-state index < -0.39 is 0 Å². The van der Waals surface area contributed by atoms with Gasteiger partial charge in [-0.3, -0.25) is 4.90 Å². The summed E-state index contributed by atoms with van der Waals surface area (Å²) in [5.41, 5.74) is 9.66. The molecule has 1 unspecified atom stereocenters. The van der Waals surface area contributed by atoms with E-state index in [1.54, 1.807) is 0 Å². The second-order valence-electron chi connectivity index (χ2n) is 5.89. The quantitative estimate of drug-likeness (QED) is 0.385. The number of piperazine rings is 1. The maximum absolute atomic E-state index is 8.67. The minimum atomic E-state index is 0.305. The number of hydrogen-bond acceptors (Lipinski definition) is 4. The van der Waals surface area contributed by atoms with Gasteiger partial charge in [-0.05, 0) is 38.0 Å². The summed E-state index contributed by atoms with van der Waals surface area (Å²) in [6.45, 7) is 10.5. The molecule has 21 heavy (non-hydrogen) atoms. The Morgan fingerprint density at radius 3 is 2.57 bits per heavy atom. The highest BCUT2D eigenvalue weighted by Gasteiger charge is 2.22. The molecule has 1 fully saturated rings. The Labute approximate surface area is 127 Å². The van der Waals surface area contributed by atoms with Crippen LogP contribution in [0.15, 0.2) is 23.4 Å². The molecule has 1 aromatic rings. The lowest BCUT2D eigenvalue weighted by molar-refractivity contribution is 0.199. The Morgan fingerprint density at radius 2 is 1.95 bits per heavy atom. The van der Waals surface area contributed by atoms with E-state index in [0.29, 0.717) is 18.3 Å². The van der Waals surface area contributed by atoms with Gasteiger partial charge in [0, 0.05) is 44.3 Å². The normalized spacial score (nSPS) is 18.8. The number of nitrogens with zero attached hydrogens (tertiary/aromatic N) is 3. The molecule has 3 N–H and O–H groups in total. The first-order valence-corrected chi connectivity index (χ1v) is 7.54. The highest BCUT2D eigenvalue weighted by atomic mass is 16.4. The van der Waals surface area contributed by atoms with Crippen molar-refractivity contribution < 1.29 is 5.21 Å². The van der Waals surface area contributed by atoms with Crippen molar-refractivity contribution in [1.29, 1.82) is 0 Å². The molecule has 0 aromatic heterocycles. The Balaban J connectivity index is 1.95. The van der Waals surface area contributed by atoms with Crippen LogP contribution in [0.5, 0.6) is 0 Å². The molecule has 0 aliphatic carbocycles. The van der Waals surface area contributed by atoms with E-state index in [4.69, 9.17) is 10.9 Å². The molecule has 1 aliphatic heterocycles. The third-order valence-corrected chi connectivity index (χ3v) is 4.49. The van der Waals surface area contributed by atoms with Gasteiger partial charge in [-0.2, -0.15) is 0 Å². The zero-order valence-electron chi connectivity index (χ0n) is 13.2. The molecule has 1 aliphatic rings. The first-order chi connectivity index (χ1) is 10.0. The van der Waals surface area contributed by atoms with Gasteiger partial charge in [-0.15, -0.1) is 0 Å². The zero-order chi connectivity index (χ0) is 15.4. The first kappa shape index (κ1) is 15.6. The van der Waals surface area contributed by atoms with Crippen LogP contribution in [0.4, 0.5) is 5.69 Å². The highest BCUT2D eigenvalue weighted by Crippen LogP contribution is 2.24. The second-order valence-corrected chi connectivity index (χ2v) is 5.89. The molecule has 116 valence electrons. The van der Waals surface area contributed by atoms with Crippen LogP contribution in [-0.4, -0.2) is 48.2 Å². The van der Waals surface area contributed by atoms with E-state index in [0.717, 1.165) is 26.2 Å². The molecule has 1 saturated heterocycles. The van der Waals surface area contributed by atoms with Crippen LogP contribution in [-0.2, 0) is 0 Å². The fourth-order valence-electron chi connectivity index (χ4n) is 2.95. The standard InChI is InChI=1S/C16H26N4O/c1-12-5-4-6-15(14(12)3)20-9-7-19(8-10-20)13(2)11-16(17)18-21/h4-6,13,21H,7-11H2,1-3H3,(H2,17,18). The smallest absolute Gasteiger partial charge is 0.140 e. The van der Waals surface area contributed by atoms with E-state index in [1.807, 2.05) is 0 Å². The van der Waals surface area contributed by atoms with E-state index in [1.165, 1.54) is 16.8 Å². The summed E-state index contributed by atoms with van der Waals surface area (Å²) in [5.74, 6) is 0.305. The van der Waals surface area contributed by atoms with Crippen molar-refractivity contribution in [3.63, 3.8) is 0 Å². The third-order valence-electron chi connectivity index (χ3n) is 4.49. The fraction of sp³-hybridized carbons (Fsp3) is 0.562. The number of anilines is 1. The summed E-state index contributed by atoms with van der Waals surface area (Å²) in [6, 6.07) is 6.80. The summed E-state index contributed by atoms with van der Waals surface area (Å²) < 4.78 is 0. The van der Waals surface area contributed by atoms with Gasteiger partial charge in [-0.25, -0.2) is 0 Å². The lowest BCUT2D eigenvalue weighted by atomic mass is 10.1. The van der Waals surface area contributed by atoms with Crippen LogP contribution < -0.4 is 10.6 Å². The Bertz CT molecular complexity index is 507. The minimum absolute atomic E-state index is 0.305. The number of benzene rings is 1. The lowest BCUT2D eigenvalue weighted by Gasteiger charge is -2.39. The van der Waals surface area contributed by atoms with Crippen LogP contribution in [0.25, 0.3) is 0 Å². The van der Waals surface area contributed by atoms with Gasteiger partial charge in [0.2, 0.25) is 0 Å². The molecule has 0 radical (unpaired) electrons. The van der Waals surface area contributed by atoms with Gasteiger partial charge < -0.3 is 15.8 Å². The van der Waals surface area contributed by atoms with Gasteiger partial charge >= 0.3 is 0 Å². The molecular formula is C16H26N4O. The molecule has 0 spiro atoms. The van der Waals surface area contributed by atoms with E-state index in [2.05, 4.69) is 53.9 Å². The lowest BCUT2D eigenvalue weighted by Crippen LogP contribution is -2.50. The van der Waals surface area contributed by atoms with Gasteiger partial charge in [0.15, 0.2) is 0 Å². The predicted octanol–water partition coefficient (Wildman–Crippen LogP) is 1.95. The Kier molecular flexibility index (Phi) is 5.07. The number of nitrogens with two attached hydrogens (primary N) is 1. The van der Waals surface area contributed by atoms with Crippen molar-refractivity contribution in [1.82, 2.24) is 4.90 Å². The summed E-state index contributed by atoms with van der Waals surface area (Å²) in [7, 11) is 0. The van der Waals surface area contributed by atoms with Crippen molar-refractivity contribution in [2.24, 2.45) is 10.9 Å². The molecule has 5 nitrogen and oxygen atoms in total. The van der Waals surface area contributed by atoms with Crippen molar-refractivity contribution in [3.8, 4) is 0 Å². The summed E-state index contributed by atoms with van der Waals surface area (Å²) in [5, 5.41) is 11.7. The average molecular weight is 290 g/mol. The largest absolute Gasteiger partial charge is 0.409 e. The van der Waals surface area contributed by atoms with Crippen LogP contribution in [0.2, 0.25) is 0 Å². The van der Waals surface area contributed by atoms with E-state index >= 15 is 0 Å². The number of rotatable bonds is 4. The SMILES string of the molecule is Cc1cccc(N2CCN(C(C)CC(N)=NO)CC2)c1C. The molecular weight excluding hydrogens is 264 g/mol. The number of amidine groups is 1. The predicted molar refractivity (Wildman–Crippen MR) is 87.2 cm³/mol. The monoisotopic (exact) mass is 290 g/mol. The molecule has 0 saturated carbocycles. The van der Waals surface area contributed by atoms with Crippen LogP contribution in [0.3, 0.4) is 0 Å². The molecule has 0 bridgehead atoms. The van der Waals surface area contributed by atoms with E-state index in [9.17, 15) is 0 Å². The topological polar surface area (TPSA) is 65.1 Å². The summed E-state index contributed by atoms with van der Waals surface area (Å²) in [6.07, 6.45) is 0.611. The second kappa shape index (κ2) is 6.80. The fourth-order valence-corrected chi connectivity index (χ4v) is 2.95.